The number of rotatable bonds is 2. The van der Waals surface area contributed by atoms with Gasteiger partial charge in [-0.1, -0.05) is 0 Å². The summed E-state index contributed by atoms with van der Waals surface area (Å²) < 4.78 is 22.0. The first-order chi connectivity index (χ1) is 5.54. The van der Waals surface area contributed by atoms with E-state index in [2.05, 4.69) is 10.3 Å². The van der Waals surface area contributed by atoms with Gasteiger partial charge in [-0.15, -0.1) is 12.4 Å². The molecule has 4 nitrogen and oxygen atoms in total. The maximum atomic E-state index is 11.0. The van der Waals surface area contributed by atoms with Crippen LogP contribution in [0.1, 0.15) is 0 Å². The molecule has 0 aliphatic heterocycles. The Bertz CT molecular complexity index is 378. The first-order valence-electron chi connectivity index (χ1n) is 3.38. The van der Waals surface area contributed by atoms with Crippen LogP contribution < -0.4 is 5.32 Å². The number of hydrogen-bond donors (Lipinski definition) is 1. The van der Waals surface area contributed by atoms with Crippen LogP contribution in [0.4, 0.5) is 5.69 Å². The fourth-order valence-corrected chi connectivity index (χ4v) is 1.36. The lowest BCUT2D eigenvalue weighted by molar-refractivity contribution is 0.598. The third-order valence-corrected chi connectivity index (χ3v) is 2.39. The molecule has 0 unspecified atom stereocenters. The van der Waals surface area contributed by atoms with Crippen molar-refractivity contribution in [1.29, 1.82) is 0 Å². The monoisotopic (exact) mass is 222 g/mol. The lowest BCUT2D eigenvalue weighted by Gasteiger charge is -2.00. The van der Waals surface area contributed by atoms with Crippen LogP contribution in [0.25, 0.3) is 0 Å². The highest BCUT2D eigenvalue weighted by molar-refractivity contribution is 7.90. The zero-order valence-electron chi connectivity index (χ0n) is 7.31. The van der Waals surface area contributed by atoms with Crippen LogP contribution in [0.2, 0.25) is 0 Å². The number of nitrogens with one attached hydrogen (secondary N) is 1. The fraction of sp³-hybridized carbons (Fsp3) is 0.286. The minimum atomic E-state index is -3.19. The van der Waals surface area contributed by atoms with E-state index in [4.69, 9.17) is 0 Å². The first kappa shape index (κ1) is 12.2. The van der Waals surface area contributed by atoms with E-state index < -0.39 is 9.84 Å². The van der Waals surface area contributed by atoms with Crippen molar-refractivity contribution in [3.63, 3.8) is 0 Å². The summed E-state index contributed by atoms with van der Waals surface area (Å²) >= 11 is 0. The predicted octanol–water partition coefficient (Wildman–Crippen LogP) is 0.949. The quantitative estimate of drug-likeness (QED) is 0.810. The Labute approximate surface area is 83.7 Å². The van der Waals surface area contributed by atoms with Crippen LogP contribution in [0.3, 0.4) is 0 Å². The zero-order valence-corrected chi connectivity index (χ0v) is 8.95. The van der Waals surface area contributed by atoms with Crippen molar-refractivity contribution in [2.45, 2.75) is 5.03 Å². The molecular formula is C7H11ClN2O2S. The van der Waals surface area contributed by atoms with Crippen LogP contribution >= 0.6 is 12.4 Å². The van der Waals surface area contributed by atoms with E-state index in [9.17, 15) is 8.42 Å². The minimum absolute atomic E-state index is 0. The summed E-state index contributed by atoms with van der Waals surface area (Å²) in [5.41, 5.74) is 0.741. The second-order valence-electron chi connectivity index (χ2n) is 2.40. The molecule has 0 aromatic carbocycles. The van der Waals surface area contributed by atoms with Crippen molar-refractivity contribution < 1.29 is 8.42 Å². The third-order valence-electron chi connectivity index (χ3n) is 1.40. The van der Waals surface area contributed by atoms with Gasteiger partial charge >= 0.3 is 0 Å². The van der Waals surface area contributed by atoms with Crippen LogP contribution in [-0.2, 0) is 9.84 Å². The summed E-state index contributed by atoms with van der Waals surface area (Å²) in [5, 5.41) is 2.93. The molecule has 1 heterocycles. The molecule has 0 saturated carbocycles. The van der Waals surface area contributed by atoms with Crippen LogP contribution in [0, 0.1) is 0 Å². The fourth-order valence-electron chi connectivity index (χ4n) is 0.768. The third kappa shape index (κ3) is 3.20. The van der Waals surface area contributed by atoms with E-state index in [0.717, 1.165) is 11.9 Å². The molecule has 0 aliphatic carbocycles. The molecule has 0 atom stereocenters. The molecule has 1 N–H and O–H groups in total. The highest BCUT2D eigenvalue weighted by Crippen LogP contribution is 2.10. The number of aromatic nitrogens is 1. The van der Waals surface area contributed by atoms with Gasteiger partial charge in [-0.25, -0.2) is 13.4 Å². The van der Waals surface area contributed by atoms with Gasteiger partial charge in [0.1, 0.15) is 0 Å². The molecule has 6 heteroatoms. The second-order valence-corrected chi connectivity index (χ2v) is 4.37. The number of sulfone groups is 1. The van der Waals surface area contributed by atoms with E-state index in [1.54, 1.807) is 13.1 Å². The van der Waals surface area contributed by atoms with E-state index in [0.29, 0.717) is 0 Å². The Hall–Kier alpha value is -0.810. The Morgan fingerprint density at radius 1 is 1.46 bits per heavy atom. The second kappa shape index (κ2) is 4.43. The van der Waals surface area contributed by atoms with Crippen molar-refractivity contribution in [2.75, 3.05) is 18.6 Å². The summed E-state index contributed by atoms with van der Waals surface area (Å²) in [4.78, 5) is 3.73. The van der Waals surface area contributed by atoms with Crippen LogP contribution in [0.5, 0.6) is 0 Å². The lowest BCUT2D eigenvalue weighted by Crippen LogP contribution is -2.01. The van der Waals surface area contributed by atoms with Gasteiger partial charge in [0.15, 0.2) is 14.9 Å². The van der Waals surface area contributed by atoms with Gasteiger partial charge in [-0.05, 0) is 12.1 Å². The largest absolute Gasteiger partial charge is 0.388 e. The molecule has 1 aromatic heterocycles. The molecule has 74 valence electrons. The van der Waals surface area contributed by atoms with Gasteiger partial charge in [-0.2, -0.15) is 0 Å². The molecule has 13 heavy (non-hydrogen) atoms. The van der Waals surface area contributed by atoms with Gasteiger partial charge < -0.3 is 5.32 Å². The van der Waals surface area contributed by atoms with Gasteiger partial charge in [0.25, 0.3) is 0 Å². The van der Waals surface area contributed by atoms with E-state index in [1.165, 1.54) is 12.3 Å². The zero-order chi connectivity index (χ0) is 9.19. The molecule has 0 spiro atoms. The number of anilines is 1. The molecular weight excluding hydrogens is 212 g/mol. The van der Waals surface area contributed by atoms with Crippen molar-refractivity contribution in [2.24, 2.45) is 0 Å². The smallest absolute Gasteiger partial charge is 0.192 e. The average Bonchev–Trinajstić information content (AvgIpc) is 2.03. The Balaban J connectivity index is 0.00000144. The van der Waals surface area contributed by atoms with Crippen LogP contribution in [-0.4, -0.2) is 26.7 Å². The number of hydrogen-bond acceptors (Lipinski definition) is 4. The number of pyridine rings is 1. The average molecular weight is 223 g/mol. The van der Waals surface area contributed by atoms with Gasteiger partial charge in [0, 0.05) is 25.2 Å². The summed E-state index contributed by atoms with van der Waals surface area (Å²) in [6.07, 6.45) is 2.59. The maximum Gasteiger partial charge on any atom is 0.192 e. The highest BCUT2D eigenvalue weighted by atomic mass is 35.5. The van der Waals surface area contributed by atoms with E-state index >= 15 is 0 Å². The number of nitrogens with zero attached hydrogens (tertiary/aromatic N) is 1. The van der Waals surface area contributed by atoms with E-state index in [1.807, 2.05) is 0 Å². The molecule has 1 aromatic rings. The molecule has 0 bridgehead atoms. The highest BCUT2D eigenvalue weighted by Gasteiger charge is 2.07. The van der Waals surface area contributed by atoms with Crippen molar-refractivity contribution in [3.05, 3.63) is 18.3 Å². The lowest BCUT2D eigenvalue weighted by atomic mass is 10.4. The van der Waals surface area contributed by atoms with Crippen molar-refractivity contribution >= 4 is 27.9 Å². The van der Waals surface area contributed by atoms with Crippen LogP contribution in [0.15, 0.2) is 23.4 Å². The molecule has 0 saturated heterocycles. The van der Waals surface area contributed by atoms with Crippen molar-refractivity contribution in [3.8, 4) is 0 Å². The van der Waals surface area contributed by atoms with Gasteiger partial charge in [-0.3, -0.25) is 0 Å². The molecule has 0 fully saturated rings. The minimum Gasteiger partial charge on any atom is -0.388 e. The van der Waals surface area contributed by atoms with E-state index in [-0.39, 0.29) is 17.4 Å². The first-order valence-corrected chi connectivity index (χ1v) is 5.27. The number of halogens is 1. The molecule has 0 radical (unpaired) electrons. The van der Waals surface area contributed by atoms with Gasteiger partial charge in [0.2, 0.25) is 0 Å². The topological polar surface area (TPSA) is 59.1 Å². The molecule has 0 aliphatic rings. The van der Waals surface area contributed by atoms with Crippen molar-refractivity contribution in [1.82, 2.24) is 4.98 Å². The Kier molecular flexibility index (Phi) is 4.16. The summed E-state index contributed by atoms with van der Waals surface area (Å²) in [7, 11) is -1.46. The summed E-state index contributed by atoms with van der Waals surface area (Å²) in [6.45, 7) is 0. The SMILES string of the molecule is CNc1ccnc(S(C)(=O)=O)c1.Cl. The summed E-state index contributed by atoms with van der Waals surface area (Å²) in [5.74, 6) is 0. The standard InChI is InChI=1S/C7H10N2O2S.ClH/c1-8-6-3-4-9-7(5-6)12(2,10)11;/h3-5H,1-2H3,(H,8,9);1H. The predicted molar refractivity (Wildman–Crippen MR) is 54.1 cm³/mol. The Morgan fingerprint density at radius 3 is 2.54 bits per heavy atom. The Morgan fingerprint density at radius 2 is 2.08 bits per heavy atom. The van der Waals surface area contributed by atoms with Gasteiger partial charge in [0.05, 0.1) is 0 Å². The molecule has 0 amide bonds. The normalized spacial score (nSPS) is 10.3. The summed E-state index contributed by atoms with van der Waals surface area (Å²) in [6, 6.07) is 3.20. The maximum absolute atomic E-state index is 11.0. The molecule has 1 rings (SSSR count).